The quantitative estimate of drug-likeness (QED) is 0.830. The van der Waals surface area contributed by atoms with Gasteiger partial charge in [-0.25, -0.2) is 9.18 Å². The van der Waals surface area contributed by atoms with E-state index in [0.717, 1.165) is 5.56 Å². The highest BCUT2D eigenvalue weighted by atomic mass is 19.1. The number of carbonyl (C=O) groups excluding carboxylic acids is 1. The molecule has 0 amide bonds. The Morgan fingerprint density at radius 2 is 1.86 bits per heavy atom. The zero-order chi connectivity index (χ0) is 15.2. The Morgan fingerprint density at radius 3 is 2.48 bits per heavy atom. The number of hydrogen-bond acceptors (Lipinski definition) is 3. The minimum atomic E-state index is -1.05. The molecule has 2 rings (SSSR count). The Hall–Kier alpha value is -2.69. The summed E-state index contributed by atoms with van der Waals surface area (Å²) in [6.45, 7) is 0.303. The van der Waals surface area contributed by atoms with E-state index < -0.39 is 5.97 Å². The van der Waals surface area contributed by atoms with Crippen molar-refractivity contribution in [3.05, 3.63) is 65.0 Å². The largest absolute Gasteiger partial charge is 0.478 e. The van der Waals surface area contributed by atoms with E-state index in [1.807, 2.05) is 0 Å². The number of carboxylic acid groups (broad SMARTS) is 1. The lowest BCUT2D eigenvalue weighted by Crippen LogP contribution is -2.02. The summed E-state index contributed by atoms with van der Waals surface area (Å²) in [5.74, 6) is -1.02. The van der Waals surface area contributed by atoms with Gasteiger partial charge < -0.3 is 9.84 Å². The molecular weight excluding hydrogens is 275 g/mol. The van der Waals surface area contributed by atoms with E-state index in [0.29, 0.717) is 30.6 Å². The van der Waals surface area contributed by atoms with Crippen molar-refractivity contribution >= 4 is 12.4 Å². The third-order valence-corrected chi connectivity index (χ3v) is 3.08. The van der Waals surface area contributed by atoms with E-state index in [1.54, 1.807) is 12.1 Å². The summed E-state index contributed by atoms with van der Waals surface area (Å²) in [5, 5.41) is 8.99. The second-order valence-electron chi connectivity index (χ2n) is 4.47. The molecule has 0 spiro atoms. The summed E-state index contributed by atoms with van der Waals surface area (Å²) in [4.78, 5) is 21.5. The summed E-state index contributed by atoms with van der Waals surface area (Å²) in [6.07, 6.45) is 1.06. The van der Waals surface area contributed by atoms with Gasteiger partial charge in [0.05, 0.1) is 5.56 Å². The maximum Gasteiger partial charge on any atom is 0.335 e. The number of benzene rings is 2. The van der Waals surface area contributed by atoms with Crippen molar-refractivity contribution in [1.82, 2.24) is 0 Å². The summed E-state index contributed by atoms with van der Waals surface area (Å²) in [6, 6.07) is 10.4. The van der Waals surface area contributed by atoms with E-state index in [-0.39, 0.29) is 11.4 Å². The summed E-state index contributed by atoms with van der Waals surface area (Å²) in [5.41, 5.74) is 1.66. The molecule has 0 bridgehead atoms. The fraction of sp³-hybridized carbons (Fsp3) is 0.125. The summed E-state index contributed by atoms with van der Waals surface area (Å²) < 4.78 is 17.7. The molecule has 0 radical (unpaired) electrons. The van der Waals surface area contributed by atoms with Gasteiger partial charge in [-0.2, -0.15) is 0 Å². The van der Waals surface area contributed by atoms with Crippen molar-refractivity contribution in [3.63, 3.8) is 0 Å². The van der Waals surface area contributed by atoms with Crippen molar-refractivity contribution < 1.29 is 23.8 Å². The standard InChI is InChI=1S/C16H13FO4/c17-14-6-2-11(3-7-14)1-4-12-9-13(16(19)20)5-8-15(12)21-10-18/h2-3,5-10H,1,4H2,(H,19,20). The molecule has 0 unspecified atom stereocenters. The predicted octanol–water partition coefficient (Wildman–Crippen LogP) is 2.84. The maximum absolute atomic E-state index is 12.8. The van der Waals surface area contributed by atoms with E-state index in [4.69, 9.17) is 9.84 Å². The molecule has 0 aliphatic rings. The van der Waals surface area contributed by atoms with E-state index >= 15 is 0 Å². The molecule has 0 heterocycles. The van der Waals surface area contributed by atoms with Crippen LogP contribution < -0.4 is 4.74 Å². The average Bonchev–Trinajstić information content (AvgIpc) is 2.48. The first-order chi connectivity index (χ1) is 10.1. The number of halogens is 1. The highest BCUT2D eigenvalue weighted by molar-refractivity contribution is 5.88. The van der Waals surface area contributed by atoms with Crippen molar-refractivity contribution in [2.24, 2.45) is 0 Å². The Balaban J connectivity index is 2.19. The van der Waals surface area contributed by atoms with Crippen molar-refractivity contribution in [1.29, 1.82) is 0 Å². The summed E-state index contributed by atoms with van der Waals surface area (Å²) in [7, 11) is 0. The van der Waals surface area contributed by atoms with Gasteiger partial charge in [-0.3, -0.25) is 4.79 Å². The van der Waals surface area contributed by atoms with Crippen molar-refractivity contribution in [2.75, 3.05) is 0 Å². The molecule has 21 heavy (non-hydrogen) atoms. The van der Waals surface area contributed by atoms with Crippen LogP contribution in [0.3, 0.4) is 0 Å². The molecule has 0 atom stereocenters. The molecule has 4 nitrogen and oxygen atoms in total. The van der Waals surface area contributed by atoms with Gasteiger partial charge in [-0.05, 0) is 54.3 Å². The zero-order valence-corrected chi connectivity index (χ0v) is 11.1. The fourth-order valence-corrected chi connectivity index (χ4v) is 2.00. The van der Waals surface area contributed by atoms with Gasteiger partial charge in [0.2, 0.25) is 0 Å². The number of carboxylic acids is 1. The van der Waals surface area contributed by atoms with Gasteiger partial charge in [0.15, 0.2) is 0 Å². The van der Waals surface area contributed by atoms with Crippen LogP contribution >= 0.6 is 0 Å². The van der Waals surface area contributed by atoms with E-state index in [2.05, 4.69) is 0 Å². The smallest absolute Gasteiger partial charge is 0.335 e. The molecule has 2 aromatic rings. The number of aromatic carboxylic acids is 1. The minimum absolute atomic E-state index is 0.127. The Morgan fingerprint density at radius 1 is 1.14 bits per heavy atom. The van der Waals surface area contributed by atoms with Crippen LogP contribution in [0.1, 0.15) is 21.5 Å². The zero-order valence-electron chi connectivity index (χ0n) is 11.1. The second-order valence-corrected chi connectivity index (χ2v) is 4.47. The lowest BCUT2D eigenvalue weighted by atomic mass is 10.0. The Kier molecular flexibility index (Phi) is 4.66. The van der Waals surface area contributed by atoms with E-state index in [9.17, 15) is 14.0 Å². The molecule has 0 saturated heterocycles. The van der Waals surface area contributed by atoms with E-state index in [1.165, 1.54) is 30.3 Å². The lowest BCUT2D eigenvalue weighted by molar-refractivity contribution is -0.120. The van der Waals surface area contributed by atoms with Crippen LogP contribution in [0.5, 0.6) is 5.75 Å². The van der Waals surface area contributed by atoms with Crippen LogP contribution in [0, 0.1) is 5.82 Å². The van der Waals surface area contributed by atoms with Crippen molar-refractivity contribution in [2.45, 2.75) is 12.8 Å². The molecule has 1 N–H and O–H groups in total. The summed E-state index contributed by atoms with van der Waals surface area (Å²) >= 11 is 0. The number of hydrogen-bond donors (Lipinski definition) is 1. The SMILES string of the molecule is O=COc1ccc(C(=O)O)cc1CCc1ccc(F)cc1. The van der Waals surface area contributed by atoms with Crippen LogP contribution in [0.25, 0.3) is 0 Å². The predicted molar refractivity (Wildman–Crippen MR) is 73.9 cm³/mol. The Bertz CT molecular complexity index is 650. The maximum atomic E-state index is 12.8. The number of rotatable bonds is 6. The highest BCUT2D eigenvalue weighted by Gasteiger charge is 2.10. The molecule has 5 heteroatoms. The molecular formula is C16H13FO4. The first-order valence-electron chi connectivity index (χ1n) is 6.31. The Labute approximate surface area is 120 Å². The van der Waals surface area contributed by atoms with Crippen LogP contribution in [0.2, 0.25) is 0 Å². The van der Waals surface area contributed by atoms with Crippen LogP contribution in [0.4, 0.5) is 4.39 Å². The van der Waals surface area contributed by atoms with Gasteiger partial charge in [-0.15, -0.1) is 0 Å². The topological polar surface area (TPSA) is 63.6 Å². The molecule has 2 aromatic carbocycles. The third kappa shape index (κ3) is 3.89. The van der Waals surface area contributed by atoms with Gasteiger partial charge in [0, 0.05) is 0 Å². The lowest BCUT2D eigenvalue weighted by Gasteiger charge is -2.08. The van der Waals surface area contributed by atoms with Crippen LogP contribution in [-0.4, -0.2) is 17.5 Å². The number of aryl methyl sites for hydroxylation is 2. The van der Waals surface area contributed by atoms with Crippen LogP contribution in [-0.2, 0) is 17.6 Å². The van der Waals surface area contributed by atoms with Gasteiger partial charge in [0.1, 0.15) is 11.6 Å². The molecule has 0 saturated carbocycles. The van der Waals surface area contributed by atoms with Crippen molar-refractivity contribution in [3.8, 4) is 5.75 Å². The van der Waals surface area contributed by atoms with Crippen LogP contribution in [0.15, 0.2) is 42.5 Å². The molecule has 0 aliphatic heterocycles. The third-order valence-electron chi connectivity index (χ3n) is 3.08. The molecule has 108 valence electrons. The highest BCUT2D eigenvalue weighted by Crippen LogP contribution is 2.22. The average molecular weight is 288 g/mol. The molecule has 0 fully saturated rings. The minimum Gasteiger partial charge on any atom is -0.478 e. The fourth-order valence-electron chi connectivity index (χ4n) is 2.00. The van der Waals surface area contributed by atoms with Gasteiger partial charge >= 0.3 is 5.97 Å². The molecule has 0 aliphatic carbocycles. The number of ether oxygens (including phenoxy) is 1. The molecule has 0 aromatic heterocycles. The van der Waals surface area contributed by atoms with Gasteiger partial charge in [0.25, 0.3) is 6.47 Å². The first-order valence-corrected chi connectivity index (χ1v) is 6.31. The monoisotopic (exact) mass is 288 g/mol. The second kappa shape index (κ2) is 6.65. The normalized spacial score (nSPS) is 10.1. The van der Waals surface area contributed by atoms with Gasteiger partial charge in [-0.1, -0.05) is 12.1 Å². The number of carbonyl (C=O) groups is 2. The first kappa shape index (κ1) is 14.7.